The molecule has 0 rings (SSSR count). The molecule has 10 nitrogen and oxygen atoms in total. The lowest BCUT2D eigenvalue weighted by Crippen LogP contribution is -2.29. The molecular formula is C52H101O10P. The molecule has 3 N–H and O–H groups in total. The Morgan fingerprint density at radius 2 is 0.778 bits per heavy atom. The molecule has 0 aromatic carbocycles. The third-order valence-corrected chi connectivity index (χ3v) is 12.9. The number of esters is 2. The van der Waals surface area contributed by atoms with Crippen LogP contribution in [0.25, 0.3) is 0 Å². The maximum Gasteiger partial charge on any atom is 0.472 e. The highest BCUT2D eigenvalue weighted by molar-refractivity contribution is 7.47. The Hall–Kier alpha value is -1.29. The average Bonchev–Trinajstić information content (AvgIpc) is 3.27. The summed E-state index contributed by atoms with van der Waals surface area (Å²) >= 11 is 0. The predicted molar refractivity (Wildman–Crippen MR) is 261 cm³/mol. The first-order valence-corrected chi connectivity index (χ1v) is 28.1. The first-order valence-electron chi connectivity index (χ1n) is 26.6. The number of hydrogen-bond acceptors (Lipinski definition) is 9. The van der Waals surface area contributed by atoms with Crippen LogP contribution in [-0.4, -0.2) is 65.7 Å². The van der Waals surface area contributed by atoms with Crippen LogP contribution >= 0.6 is 7.82 Å². The monoisotopic (exact) mass is 917 g/mol. The Balaban J connectivity index is 4.11. The summed E-state index contributed by atoms with van der Waals surface area (Å²) in [5, 5.41) is 18.4. The van der Waals surface area contributed by atoms with Crippen molar-refractivity contribution >= 4 is 19.8 Å². The smallest absolute Gasteiger partial charge is 0.462 e. The van der Waals surface area contributed by atoms with Gasteiger partial charge in [-0.15, -0.1) is 0 Å². The maximum atomic E-state index is 12.7. The highest BCUT2D eigenvalue weighted by Crippen LogP contribution is 2.43. The van der Waals surface area contributed by atoms with E-state index in [1.165, 1.54) is 193 Å². The molecule has 0 bridgehead atoms. The minimum atomic E-state index is -4.62. The van der Waals surface area contributed by atoms with E-state index in [1.807, 2.05) is 0 Å². The molecule has 0 aliphatic heterocycles. The van der Waals surface area contributed by atoms with Crippen LogP contribution in [0, 0.1) is 0 Å². The number of carbonyl (C=O) groups excluding carboxylic acids is 2. The van der Waals surface area contributed by atoms with E-state index in [4.69, 9.17) is 23.6 Å². The highest BCUT2D eigenvalue weighted by atomic mass is 31.2. The SMILES string of the molecule is CCCCCCCC/C=C/CCCCCCCCCCCCCC(=O)OC[C@H](COP(=O)(O)OC[C@@H](O)CO)OC(=O)CCCCCCCCCCCCCCCCCCCCC. The number of carbonyl (C=O) groups is 2. The number of allylic oxidation sites excluding steroid dienone is 2. The van der Waals surface area contributed by atoms with Crippen molar-refractivity contribution < 1.29 is 47.8 Å². The van der Waals surface area contributed by atoms with Crippen molar-refractivity contribution in [1.29, 1.82) is 0 Å². The predicted octanol–water partition coefficient (Wildman–Crippen LogP) is 15.1. The Labute approximate surface area is 387 Å². The van der Waals surface area contributed by atoms with E-state index in [0.717, 1.165) is 38.5 Å². The summed E-state index contributed by atoms with van der Waals surface area (Å²) in [4.78, 5) is 35.2. The summed E-state index contributed by atoms with van der Waals surface area (Å²) < 4.78 is 32.9. The summed E-state index contributed by atoms with van der Waals surface area (Å²) in [5.41, 5.74) is 0. The zero-order chi connectivity index (χ0) is 46.2. The molecule has 0 fully saturated rings. The summed E-state index contributed by atoms with van der Waals surface area (Å²) in [7, 11) is -4.62. The zero-order valence-corrected chi connectivity index (χ0v) is 42.0. The van der Waals surface area contributed by atoms with Crippen LogP contribution in [0.1, 0.15) is 271 Å². The fraction of sp³-hybridized carbons (Fsp3) is 0.923. The van der Waals surface area contributed by atoms with Crippen molar-refractivity contribution in [2.75, 3.05) is 26.4 Å². The first-order chi connectivity index (χ1) is 30.7. The third-order valence-electron chi connectivity index (χ3n) is 11.9. The molecule has 0 spiro atoms. The number of hydrogen-bond donors (Lipinski definition) is 3. The minimum Gasteiger partial charge on any atom is -0.462 e. The average molecular weight is 917 g/mol. The lowest BCUT2D eigenvalue weighted by Gasteiger charge is -2.20. The number of phosphoric acid groups is 1. The van der Waals surface area contributed by atoms with Crippen LogP contribution in [0.2, 0.25) is 0 Å². The molecule has 0 heterocycles. The Morgan fingerprint density at radius 1 is 0.460 bits per heavy atom. The van der Waals surface area contributed by atoms with Gasteiger partial charge in [0.05, 0.1) is 19.8 Å². The molecule has 3 atom stereocenters. The minimum absolute atomic E-state index is 0.191. The number of ether oxygens (including phenoxy) is 2. The standard InChI is InChI=1S/C52H101O10P/c1-3-5-7-9-11-13-15-17-19-21-23-24-26-27-29-31-33-35-37-39-41-43-51(55)59-47-50(48-61-63(57,58)60-46-49(54)45-53)62-52(56)44-42-40-38-36-34-32-30-28-25-22-20-18-16-14-12-10-8-6-4-2/h17,19,49-50,53-54H,3-16,18,20-48H2,1-2H3,(H,57,58)/b19-17+/t49-,50+/m0/s1. The lowest BCUT2D eigenvalue weighted by atomic mass is 10.0. The van der Waals surface area contributed by atoms with Gasteiger partial charge in [0.15, 0.2) is 6.10 Å². The molecule has 11 heteroatoms. The summed E-state index contributed by atoms with van der Waals surface area (Å²) in [6.45, 7) is 2.44. The molecule has 0 saturated carbocycles. The molecule has 0 amide bonds. The van der Waals surface area contributed by atoms with E-state index in [9.17, 15) is 24.2 Å². The van der Waals surface area contributed by atoms with Gasteiger partial charge < -0.3 is 24.6 Å². The van der Waals surface area contributed by atoms with E-state index in [2.05, 4.69) is 26.0 Å². The number of rotatable bonds is 51. The van der Waals surface area contributed by atoms with Crippen LogP contribution in [-0.2, 0) is 32.7 Å². The van der Waals surface area contributed by atoms with Gasteiger partial charge >= 0.3 is 19.8 Å². The molecule has 0 aliphatic carbocycles. The Morgan fingerprint density at radius 3 is 1.14 bits per heavy atom. The van der Waals surface area contributed by atoms with Gasteiger partial charge in [-0.1, -0.05) is 231 Å². The summed E-state index contributed by atoms with van der Waals surface area (Å²) in [6, 6.07) is 0. The van der Waals surface area contributed by atoms with Gasteiger partial charge in [-0.25, -0.2) is 4.57 Å². The molecule has 0 aromatic heterocycles. The number of phosphoric ester groups is 1. The van der Waals surface area contributed by atoms with Crippen LogP contribution in [0.3, 0.4) is 0 Å². The van der Waals surface area contributed by atoms with Gasteiger partial charge in [0.1, 0.15) is 12.7 Å². The Kier molecular flexibility index (Phi) is 47.6. The normalized spacial score (nSPS) is 13.7. The fourth-order valence-electron chi connectivity index (χ4n) is 7.82. The van der Waals surface area contributed by atoms with Crippen molar-refractivity contribution in [3.63, 3.8) is 0 Å². The molecule has 0 radical (unpaired) electrons. The van der Waals surface area contributed by atoms with Crippen LogP contribution in [0.15, 0.2) is 12.2 Å². The summed E-state index contributed by atoms with van der Waals surface area (Å²) in [5.74, 6) is -0.907. The zero-order valence-electron chi connectivity index (χ0n) is 41.1. The van der Waals surface area contributed by atoms with Crippen molar-refractivity contribution in [2.24, 2.45) is 0 Å². The van der Waals surface area contributed by atoms with Gasteiger partial charge in [0.25, 0.3) is 0 Å². The molecule has 374 valence electrons. The molecule has 0 aromatic rings. The van der Waals surface area contributed by atoms with Crippen molar-refractivity contribution in [3.05, 3.63) is 12.2 Å². The highest BCUT2D eigenvalue weighted by Gasteiger charge is 2.27. The van der Waals surface area contributed by atoms with Gasteiger partial charge in [-0.3, -0.25) is 18.6 Å². The number of aliphatic hydroxyl groups excluding tert-OH is 2. The van der Waals surface area contributed by atoms with Crippen LogP contribution < -0.4 is 0 Å². The second-order valence-corrected chi connectivity index (χ2v) is 19.7. The fourth-order valence-corrected chi connectivity index (χ4v) is 8.60. The van der Waals surface area contributed by atoms with Gasteiger partial charge in [0.2, 0.25) is 0 Å². The molecule has 1 unspecified atom stereocenters. The van der Waals surface area contributed by atoms with Gasteiger partial charge in [-0.2, -0.15) is 0 Å². The second kappa shape index (κ2) is 48.6. The van der Waals surface area contributed by atoms with Gasteiger partial charge in [-0.05, 0) is 38.5 Å². The third kappa shape index (κ3) is 48.5. The first kappa shape index (κ1) is 61.7. The van der Waals surface area contributed by atoms with Gasteiger partial charge in [0, 0.05) is 12.8 Å². The summed E-state index contributed by atoms with van der Waals surface area (Å²) in [6.07, 6.45) is 50.4. The molecule has 0 aliphatic rings. The van der Waals surface area contributed by atoms with E-state index < -0.39 is 51.8 Å². The van der Waals surface area contributed by atoms with E-state index in [0.29, 0.717) is 12.8 Å². The van der Waals surface area contributed by atoms with E-state index >= 15 is 0 Å². The van der Waals surface area contributed by atoms with Crippen molar-refractivity contribution in [3.8, 4) is 0 Å². The van der Waals surface area contributed by atoms with Crippen molar-refractivity contribution in [2.45, 2.75) is 283 Å². The van der Waals surface area contributed by atoms with Crippen LogP contribution in [0.4, 0.5) is 0 Å². The molecular weight excluding hydrogens is 816 g/mol. The van der Waals surface area contributed by atoms with E-state index in [1.54, 1.807) is 0 Å². The number of aliphatic hydroxyl groups is 2. The largest absolute Gasteiger partial charge is 0.472 e. The number of unbranched alkanes of at least 4 members (excludes halogenated alkanes) is 35. The topological polar surface area (TPSA) is 149 Å². The van der Waals surface area contributed by atoms with E-state index in [-0.39, 0.29) is 19.4 Å². The second-order valence-electron chi connectivity index (χ2n) is 18.3. The molecule has 63 heavy (non-hydrogen) atoms. The molecule has 0 saturated heterocycles. The lowest BCUT2D eigenvalue weighted by molar-refractivity contribution is -0.161. The van der Waals surface area contributed by atoms with Crippen LogP contribution in [0.5, 0.6) is 0 Å². The Bertz CT molecular complexity index is 1060. The quantitative estimate of drug-likeness (QED) is 0.0233. The van der Waals surface area contributed by atoms with Crippen molar-refractivity contribution in [1.82, 2.24) is 0 Å². The maximum absolute atomic E-state index is 12.7.